The minimum atomic E-state index is -4.42. The Bertz CT molecular complexity index is 1000. The van der Waals surface area contributed by atoms with E-state index in [0.29, 0.717) is 49.6 Å². The van der Waals surface area contributed by atoms with E-state index >= 15 is 0 Å². The van der Waals surface area contributed by atoms with Crippen LogP contribution in [0.1, 0.15) is 56.2 Å². The molecule has 1 amide bonds. The van der Waals surface area contributed by atoms with Crippen LogP contribution in [0.3, 0.4) is 0 Å². The molecule has 1 saturated heterocycles. The SMILES string of the molecule is C[C@H]1CN(c2ncc(C(C)(C)O)cn2)CCN1C(=O)C1CC(c2cncc(C(F)(F)F)c2)C1. The van der Waals surface area contributed by atoms with Gasteiger partial charge in [-0.15, -0.1) is 0 Å². The first-order valence-electron chi connectivity index (χ1n) is 11.1. The predicted molar refractivity (Wildman–Crippen MR) is 115 cm³/mol. The van der Waals surface area contributed by atoms with Crippen molar-refractivity contribution in [3.8, 4) is 0 Å². The number of rotatable bonds is 4. The largest absolute Gasteiger partial charge is 0.417 e. The molecule has 0 aromatic carbocycles. The molecule has 0 bridgehead atoms. The van der Waals surface area contributed by atoms with E-state index in [1.54, 1.807) is 26.2 Å². The first-order chi connectivity index (χ1) is 15.4. The molecule has 0 radical (unpaired) electrons. The minimum Gasteiger partial charge on any atom is -0.386 e. The third-order valence-electron chi connectivity index (χ3n) is 6.58. The third-order valence-corrected chi connectivity index (χ3v) is 6.58. The van der Waals surface area contributed by atoms with Crippen LogP contribution in [0.25, 0.3) is 0 Å². The summed E-state index contributed by atoms with van der Waals surface area (Å²) in [5.74, 6) is 0.355. The lowest BCUT2D eigenvalue weighted by Crippen LogP contribution is -2.56. The van der Waals surface area contributed by atoms with Crippen LogP contribution in [0.2, 0.25) is 0 Å². The Hall–Kier alpha value is -2.75. The number of carbonyl (C=O) groups is 1. The van der Waals surface area contributed by atoms with Gasteiger partial charge in [0, 0.05) is 61.9 Å². The molecule has 178 valence electrons. The molecule has 1 aliphatic heterocycles. The van der Waals surface area contributed by atoms with Gasteiger partial charge in [0.05, 0.1) is 11.2 Å². The molecule has 0 unspecified atom stereocenters. The second-order valence-electron chi connectivity index (χ2n) is 9.53. The lowest BCUT2D eigenvalue weighted by molar-refractivity contribution is -0.141. The molecule has 2 aromatic heterocycles. The summed E-state index contributed by atoms with van der Waals surface area (Å²) in [6, 6.07) is 1.10. The summed E-state index contributed by atoms with van der Waals surface area (Å²) in [4.78, 5) is 29.4. The zero-order valence-electron chi connectivity index (χ0n) is 18.9. The minimum absolute atomic E-state index is 0.0434. The highest BCUT2D eigenvalue weighted by Crippen LogP contribution is 2.43. The van der Waals surface area contributed by atoms with Crippen LogP contribution < -0.4 is 4.90 Å². The zero-order chi connectivity index (χ0) is 24.0. The molecule has 2 aliphatic rings. The average molecular weight is 464 g/mol. The van der Waals surface area contributed by atoms with E-state index in [-0.39, 0.29) is 23.8 Å². The van der Waals surface area contributed by atoms with Gasteiger partial charge in [-0.1, -0.05) is 0 Å². The van der Waals surface area contributed by atoms with Crippen LogP contribution in [0.5, 0.6) is 0 Å². The smallest absolute Gasteiger partial charge is 0.386 e. The number of amides is 1. The van der Waals surface area contributed by atoms with Gasteiger partial charge in [0.2, 0.25) is 11.9 Å². The summed E-state index contributed by atoms with van der Waals surface area (Å²) < 4.78 is 38.8. The molecule has 1 atom stereocenters. The Morgan fingerprint density at radius 1 is 1.06 bits per heavy atom. The van der Waals surface area contributed by atoms with Crippen molar-refractivity contribution in [2.45, 2.75) is 57.3 Å². The van der Waals surface area contributed by atoms with Crippen LogP contribution in [-0.4, -0.2) is 56.5 Å². The maximum atomic E-state index is 13.0. The number of piperazine rings is 1. The van der Waals surface area contributed by atoms with Crippen molar-refractivity contribution < 1.29 is 23.1 Å². The maximum Gasteiger partial charge on any atom is 0.417 e. The molecule has 3 heterocycles. The second-order valence-corrected chi connectivity index (χ2v) is 9.53. The number of pyridine rings is 1. The van der Waals surface area contributed by atoms with Gasteiger partial charge in [-0.2, -0.15) is 13.2 Å². The number of nitrogens with zero attached hydrogens (tertiary/aromatic N) is 5. The van der Waals surface area contributed by atoms with E-state index in [1.807, 2.05) is 16.7 Å². The van der Waals surface area contributed by atoms with Crippen molar-refractivity contribution in [2.24, 2.45) is 5.92 Å². The van der Waals surface area contributed by atoms with Gasteiger partial charge >= 0.3 is 6.18 Å². The standard InChI is InChI=1S/C23H28F3N5O2/c1-14-13-30(21-28-11-19(12-29-21)22(2,3)33)4-5-31(14)20(32)16-6-15(7-16)17-8-18(10-27-9-17)23(24,25)26/h8-12,14-16,33H,4-7,13H2,1-3H3/t14-,15?,16?/m0/s1. The molecule has 1 N–H and O–H groups in total. The number of alkyl halides is 3. The van der Waals surface area contributed by atoms with Gasteiger partial charge in [0.15, 0.2) is 0 Å². The molecule has 4 rings (SSSR count). The van der Waals surface area contributed by atoms with Gasteiger partial charge in [-0.05, 0) is 51.2 Å². The number of anilines is 1. The second kappa shape index (κ2) is 8.55. The van der Waals surface area contributed by atoms with Gasteiger partial charge in [-0.3, -0.25) is 9.78 Å². The molecule has 2 fully saturated rings. The zero-order valence-corrected chi connectivity index (χ0v) is 18.9. The monoisotopic (exact) mass is 463 g/mol. The van der Waals surface area contributed by atoms with E-state index in [4.69, 9.17) is 0 Å². The van der Waals surface area contributed by atoms with Gasteiger partial charge in [0.1, 0.15) is 0 Å². The first-order valence-corrected chi connectivity index (χ1v) is 11.1. The van der Waals surface area contributed by atoms with E-state index in [1.165, 1.54) is 6.20 Å². The topological polar surface area (TPSA) is 82.5 Å². The number of aliphatic hydroxyl groups is 1. The van der Waals surface area contributed by atoms with Crippen LogP contribution in [0.4, 0.5) is 19.1 Å². The molecule has 10 heteroatoms. The normalized spacial score (nSPS) is 23.9. The molecule has 1 aliphatic carbocycles. The summed E-state index contributed by atoms with van der Waals surface area (Å²) in [6.07, 6.45) is 2.17. The lowest BCUT2D eigenvalue weighted by atomic mass is 9.71. The molecule has 2 aromatic rings. The van der Waals surface area contributed by atoms with E-state index in [2.05, 4.69) is 15.0 Å². The first kappa shape index (κ1) is 23.4. The van der Waals surface area contributed by atoms with Crippen LogP contribution in [0, 0.1) is 5.92 Å². The van der Waals surface area contributed by atoms with Crippen molar-refractivity contribution in [1.82, 2.24) is 19.9 Å². The summed E-state index contributed by atoms with van der Waals surface area (Å²) in [7, 11) is 0. The van der Waals surface area contributed by atoms with Crippen LogP contribution in [-0.2, 0) is 16.6 Å². The number of halogens is 3. The Morgan fingerprint density at radius 2 is 1.73 bits per heavy atom. The quantitative estimate of drug-likeness (QED) is 0.749. The fourth-order valence-electron chi connectivity index (χ4n) is 4.43. The van der Waals surface area contributed by atoms with Gasteiger partial charge in [0.25, 0.3) is 0 Å². The highest BCUT2D eigenvalue weighted by Gasteiger charge is 2.41. The molecular weight excluding hydrogens is 435 g/mol. The Balaban J connectivity index is 1.33. The molecular formula is C23H28F3N5O2. The Labute approximate surface area is 190 Å². The molecule has 7 nitrogen and oxygen atoms in total. The number of aromatic nitrogens is 3. The maximum absolute atomic E-state index is 13.0. The summed E-state index contributed by atoms with van der Waals surface area (Å²) in [5.41, 5.74) is -0.596. The van der Waals surface area contributed by atoms with Gasteiger partial charge < -0.3 is 14.9 Å². The van der Waals surface area contributed by atoms with Crippen LogP contribution in [0.15, 0.2) is 30.9 Å². The van der Waals surface area contributed by atoms with Crippen molar-refractivity contribution >= 4 is 11.9 Å². The molecule has 1 saturated carbocycles. The molecule has 0 spiro atoms. The highest BCUT2D eigenvalue weighted by molar-refractivity contribution is 5.80. The summed E-state index contributed by atoms with van der Waals surface area (Å²) >= 11 is 0. The van der Waals surface area contributed by atoms with E-state index in [9.17, 15) is 23.1 Å². The highest BCUT2D eigenvalue weighted by atomic mass is 19.4. The Kier molecular flexibility index (Phi) is 6.07. The van der Waals surface area contributed by atoms with E-state index in [0.717, 1.165) is 12.3 Å². The third kappa shape index (κ3) is 4.95. The van der Waals surface area contributed by atoms with Gasteiger partial charge in [-0.25, -0.2) is 9.97 Å². The van der Waals surface area contributed by atoms with Crippen LogP contribution >= 0.6 is 0 Å². The fourth-order valence-corrected chi connectivity index (χ4v) is 4.43. The predicted octanol–water partition coefficient (Wildman–Crippen LogP) is 3.35. The van der Waals surface area contributed by atoms with Crippen molar-refractivity contribution in [3.05, 3.63) is 47.5 Å². The van der Waals surface area contributed by atoms with Crippen molar-refractivity contribution in [1.29, 1.82) is 0 Å². The molecule has 33 heavy (non-hydrogen) atoms. The lowest BCUT2D eigenvalue weighted by Gasteiger charge is -2.44. The van der Waals surface area contributed by atoms with Crippen molar-refractivity contribution in [3.63, 3.8) is 0 Å². The Morgan fingerprint density at radius 3 is 2.30 bits per heavy atom. The number of hydrogen-bond donors (Lipinski definition) is 1. The summed E-state index contributed by atoms with van der Waals surface area (Å²) in [6.45, 7) is 7.02. The summed E-state index contributed by atoms with van der Waals surface area (Å²) in [5, 5.41) is 10.1. The average Bonchev–Trinajstić information content (AvgIpc) is 2.71. The number of carbonyl (C=O) groups excluding carboxylic acids is 1. The van der Waals surface area contributed by atoms with Crippen molar-refractivity contribution in [2.75, 3.05) is 24.5 Å². The fraction of sp³-hybridized carbons (Fsp3) is 0.565. The van der Waals surface area contributed by atoms with E-state index < -0.39 is 17.3 Å². The number of hydrogen-bond acceptors (Lipinski definition) is 6.